The summed E-state index contributed by atoms with van der Waals surface area (Å²) in [6.07, 6.45) is -5.45. The molecule has 3 fully saturated rings. The van der Waals surface area contributed by atoms with E-state index >= 15 is 0 Å². The molecule has 3 heterocycles. The molecule has 0 bridgehead atoms. The van der Waals surface area contributed by atoms with E-state index in [2.05, 4.69) is 0 Å². The average Bonchev–Trinajstić information content (AvgIpc) is 3.65. The largest absolute Gasteiger partial charge is 0.633 e. The van der Waals surface area contributed by atoms with Crippen molar-refractivity contribution >= 4 is 23.5 Å². The number of hydroxylamine groups is 3. The van der Waals surface area contributed by atoms with E-state index in [1.165, 1.54) is 42.0 Å². The van der Waals surface area contributed by atoms with Crippen molar-refractivity contribution in [1.82, 2.24) is 0 Å². The Balaban J connectivity index is 2.12. The highest BCUT2D eigenvalue weighted by Gasteiger charge is 2.68. The van der Waals surface area contributed by atoms with Crippen molar-refractivity contribution in [2.45, 2.75) is 141 Å². The van der Waals surface area contributed by atoms with Gasteiger partial charge in [0.2, 0.25) is 12.4 Å². The van der Waals surface area contributed by atoms with E-state index in [-0.39, 0.29) is 25.0 Å². The van der Waals surface area contributed by atoms with Crippen LogP contribution in [0.15, 0.2) is 0 Å². The molecule has 0 aromatic rings. The second kappa shape index (κ2) is 13.2. The Morgan fingerprint density at radius 2 is 1.71 bits per heavy atom. The number of ether oxygens (including phenoxy) is 6. The quantitative estimate of drug-likeness (QED) is 0.148. The third-order valence-electron chi connectivity index (χ3n) is 9.99. The number of Topliss-reactive ketones (excluding diaryl/α,β-unsaturated/α-hetero) is 2. The van der Waals surface area contributed by atoms with Crippen molar-refractivity contribution in [2.24, 2.45) is 17.8 Å². The zero-order chi connectivity index (χ0) is 34.4. The van der Waals surface area contributed by atoms with Gasteiger partial charge in [-0.2, -0.15) is 0 Å². The van der Waals surface area contributed by atoms with Gasteiger partial charge in [-0.05, 0) is 47.5 Å². The Kier molecular flexibility index (Phi) is 11.0. The molecule has 13 heteroatoms. The van der Waals surface area contributed by atoms with Gasteiger partial charge >= 0.3 is 11.9 Å². The standard InChI is InChI=1S/C32H53NO12/c1-13-22-31(8,38)29-32(9,45-29)25(36)16(2)15-30(7,40-12)26(18(4)23(35)19(5)27(37)43-22)44-28-24(42-20(6)34)21(33(10,11)39)14-17(3)41-28/h16-19,21-22,24,26,28-29,38H,13-15H2,1-12H3/t16-,17-,18+,19-,21+,22-,24-,26-,28+,29-,30+,31-,32+/m1/s1. The fraction of sp³-hybridized carbons (Fsp3) is 0.875. The lowest BCUT2D eigenvalue weighted by Gasteiger charge is -2.51. The summed E-state index contributed by atoms with van der Waals surface area (Å²) in [4.78, 5) is 53.4. The molecule has 0 aromatic heterocycles. The molecule has 0 aromatic carbocycles. The van der Waals surface area contributed by atoms with Gasteiger partial charge in [-0.25, -0.2) is 0 Å². The van der Waals surface area contributed by atoms with E-state index in [9.17, 15) is 29.5 Å². The molecule has 258 valence electrons. The van der Waals surface area contributed by atoms with E-state index in [1.807, 2.05) is 0 Å². The van der Waals surface area contributed by atoms with Crippen molar-refractivity contribution in [3.63, 3.8) is 0 Å². The third-order valence-corrected chi connectivity index (χ3v) is 9.99. The summed E-state index contributed by atoms with van der Waals surface area (Å²) in [5, 5.41) is 24.7. The maximum Gasteiger partial charge on any atom is 0.316 e. The molecule has 0 aliphatic carbocycles. The van der Waals surface area contributed by atoms with Crippen LogP contribution in [-0.2, 0) is 47.6 Å². The molecule has 0 spiro atoms. The first-order chi connectivity index (χ1) is 20.5. The lowest BCUT2D eigenvalue weighted by Crippen LogP contribution is -2.63. The van der Waals surface area contributed by atoms with Crippen molar-refractivity contribution in [2.75, 3.05) is 21.2 Å². The molecular weight excluding hydrogens is 590 g/mol. The van der Waals surface area contributed by atoms with Gasteiger partial charge < -0.3 is 43.4 Å². The van der Waals surface area contributed by atoms with Crippen molar-refractivity contribution in [1.29, 1.82) is 0 Å². The van der Waals surface area contributed by atoms with E-state index in [1.54, 1.807) is 41.5 Å². The number of nitrogens with zero attached hydrogens (tertiary/aromatic N) is 1. The minimum atomic E-state index is -1.70. The molecule has 13 atom stereocenters. The second-order valence-corrected chi connectivity index (χ2v) is 14.2. The molecule has 45 heavy (non-hydrogen) atoms. The number of hydrogen-bond acceptors (Lipinski definition) is 12. The Bertz CT molecular complexity index is 1140. The molecular formula is C32H53NO12. The lowest BCUT2D eigenvalue weighted by atomic mass is 9.75. The minimum absolute atomic E-state index is 0.0571. The number of methoxy groups -OCH3 is 1. The average molecular weight is 644 g/mol. The minimum Gasteiger partial charge on any atom is -0.633 e. The number of fused-ring (bicyclic) bond motifs is 1. The number of hydrogen-bond donors (Lipinski definition) is 1. The van der Waals surface area contributed by atoms with Crippen LogP contribution in [0.1, 0.15) is 81.6 Å². The van der Waals surface area contributed by atoms with Crippen LogP contribution in [0, 0.1) is 23.0 Å². The van der Waals surface area contributed by atoms with Crippen LogP contribution in [0.4, 0.5) is 0 Å². The summed E-state index contributed by atoms with van der Waals surface area (Å²) < 4.78 is 35.1. The highest BCUT2D eigenvalue weighted by atomic mass is 16.7. The van der Waals surface area contributed by atoms with Crippen molar-refractivity contribution < 1.29 is 57.4 Å². The number of likely N-dealkylation sites (N-methyl/N-ethyl adjacent to an activating group) is 1. The van der Waals surface area contributed by atoms with Gasteiger partial charge in [0.05, 0.1) is 31.9 Å². The molecule has 13 nitrogen and oxygen atoms in total. The summed E-state index contributed by atoms with van der Waals surface area (Å²) in [6, 6.07) is -0.752. The smallest absolute Gasteiger partial charge is 0.316 e. The van der Waals surface area contributed by atoms with Crippen LogP contribution in [0.3, 0.4) is 0 Å². The molecule has 0 unspecified atom stereocenters. The monoisotopic (exact) mass is 643 g/mol. The highest BCUT2D eigenvalue weighted by molar-refractivity contribution is 6.00. The number of cyclic esters (lactones) is 1. The van der Waals surface area contributed by atoms with Crippen LogP contribution in [0.5, 0.6) is 0 Å². The first-order valence-corrected chi connectivity index (χ1v) is 15.8. The molecule has 3 rings (SSSR count). The number of quaternary nitrogens is 1. The normalized spacial score (nSPS) is 45.2. The Labute approximate surface area is 266 Å². The zero-order valence-corrected chi connectivity index (χ0v) is 28.8. The first kappa shape index (κ1) is 37.5. The molecule has 3 aliphatic rings. The van der Waals surface area contributed by atoms with Gasteiger partial charge in [-0.3, -0.25) is 19.2 Å². The maximum atomic E-state index is 14.0. The predicted octanol–water partition coefficient (Wildman–Crippen LogP) is 2.47. The van der Waals surface area contributed by atoms with Crippen LogP contribution in [-0.4, -0.2) is 114 Å². The maximum absolute atomic E-state index is 14.0. The number of aliphatic hydroxyl groups is 1. The molecule has 3 aliphatic heterocycles. The number of rotatable bonds is 6. The summed E-state index contributed by atoms with van der Waals surface area (Å²) >= 11 is 0. The molecule has 3 saturated heterocycles. The highest BCUT2D eigenvalue weighted by Crippen LogP contribution is 2.49. The van der Waals surface area contributed by atoms with Gasteiger partial charge in [-0.1, -0.05) is 20.8 Å². The lowest BCUT2D eigenvalue weighted by molar-refractivity contribution is -0.874. The third kappa shape index (κ3) is 7.45. The summed E-state index contributed by atoms with van der Waals surface area (Å²) in [5.41, 5.74) is -4.39. The number of carbonyl (C=O) groups excluding carboxylic acids is 4. The number of carbonyl (C=O) groups is 4. The van der Waals surface area contributed by atoms with Crippen LogP contribution < -0.4 is 0 Å². The van der Waals surface area contributed by atoms with E-state index < -0.39 is 99.8 Å². The SMILES string of the molecule is CC[C@H]1OC(=O)[C@H](C)C(=O)[C@H](C)[C@@H](O[C@@H]2O[C@H](C)C[C@H]([N+](C)(C)[O-])[C@H]2OC(C)=O)[C@@](C)(OC)C[C@@H](C)C(=O)[C@]2(C)O[C@@H]2[C@]1(C)O. The van der Waals surface area contributed by atoms with Crippen LogP contribution in [0.2, 0.25) is 0 Å². The number of ketones is 2. The Hall–Kier alpha value is -2.00. The predicted molar refractivity (Wildman–Crippen MR) is 160 cm³/mol. The first-order valence-electron chi connectivity index (χ1n) is 15.8. The Morgan fingerprint density at radius 1 is 1.11 bits per heavy atom. The van der Waals surface area contributed by atoms with Gasteiger partial charge in [0.25, 0.3) is 0 Å². The summed E-state index contributed by atoms with van der Waals surface area (Å²) in [5.74, 6) is -5.30. The van der Waals surface area contributed by atoms with Gasteiger partial charge in [0, 0.05) is 32.3 Å². The van der Waals surface area contributed by atoms with E-state index in [4.69, 9.17) is 28.4 Å². The molecule has 0 radical (unpaired) electrons. The van der Waals surface area contributed by atoms with E-state index in [0.29, 0.717) is 0 Å². The van der Waals surface area contributed by atoms with E-state index in [0.717, 1.165) is 0 Å². The van der Waals surface area contributed by atoms with Crippen molar-refractivity contribution in [3.8, 4) is 0 Å². The number of epoxide rings is 1. The molecule has 0 saturated carbocycles. The van der Waals surface area contributed by atoms with Gasteiger partial charge in [0.15, 0.2) is 17.2 Å². The number of esters is 2. The van der Waals surface area contributed by atoms with Gasteiger partial charge in [0.1, 0.15) is 29.8 Å². The fourth-order valence-corrected chi connectivity index (χ4v) is 7.26. The van der Waals surface area contributed by atoms with Crippen LogP contribution >= 0.6 is 0 Å². The van der Waals surface area contributed by atoms with Crippen LogP contribution in [0.25, 0.3) is 0 Å². The molecule has 1 N–H and O–H groups in total. The zero-order valence-electron chi connectivity index (χ0n) is 28.8. The molecule has 0 amide bonds. The van der Waals surface area contributed by atoms with Gasteiger partial charge in [-0.15, -0.1) is 0 Å². The summed E-state index contributed by atoms with van der Waals surface area (Å²) in [6.45, 7) is 14.2. The fourth-order valence-electron chi connectivity index (χ4n) is 7.26. The Morgan fingerprint density at radius 3 is 2.22 bits per heavy atom. The summed E-state index contributed by atoms with van der Waals surface area (Å²) in [7, 11) is 4.31. The van der Waals surface area contributed by atoms with Crippen molar-refractivity contribution in [3.05, 3.63) is 5.21 Å². The second-order valence-electron chi connectivity index (χ2n) is 14.2. The topological polar surface area (TPSA) is 170 Å².